The summed E-state index contributed by atoms with van der Waals surface area (Å²) >= 11 is 12.1. The highest BCUT2D eigenvalue weighted by molar-refractivity contribution is 7.92. The van der Waals surface area contributed by atoms with Crippen LogP contribution in [0.15, 0.2) is 48.5 Å². The van der Waals surface area contributed by atoms with Crippen molar-refractivity contribution in [2.75, 3.05) is 17.1 Å². The molecule has 0 heterocycles. The second-order valence-corrected chi connectivity index (χ2v) is 11.3. The van der Waals surface area contributed by atoms with Gasteiger partial charge in [0.1, 0.15) is 12.6 Å². The summed E-state index contributed by atoms with van der Waals surface area (Å²) in [5.41, 5.74) is 1.05. The Morgan fingerprint density at radius 3 is 2.29 bits per heavy atom. The first kappa shape index (κ1) is 26.3. The summed E-state index contributed by atoms with van der Waals surface area (Å²) in [6.45, 7) is 1.34. The molecule has 10 heteroatoms. The predicted octanol–water partition coefficient (Wildman–Crippen LogP) is 4.24. The third-order valence-electron chi connectivity index (χ3n) is 5.93. The number of rotatable bonds is 9. The zero-order valence-corrected chi connectivity index (χ0v) is 21.5. The lowest BCUT2D eigenvalue weighted by atomic mass is 10.1. The molecule has 1 aliphatic carbocycles. The molecule has 1 N–H and O–H groups in total. The van der Waals surface area contributed by atoms with E-state index in [4.69, 9.17) is 23.2 Å². The van der Waals surface area contributed by atoms with Crippen molar-refractivity contribution in [2.24, 2.45) is 0 Å². The van der Waals surface area contributed by atoms with E-state index in [2.05, 4.69) is 5.32 Å². The molecular weight excluding hydrogens is 497 g/mol. The molecule has 0 aliphatic heterocycles. The first-order chi connectivity index (χ1) is 16.1. The van der Waals surface area contributed by atoms with Crippen LogP contribution in [0.5, 0.6) is 0 Å². The standard InChI is InChI=1S/C24H29Cl2N3O4S/c1-17(24(31)27-19-10-6-7-11-19)28(15-18-8-4-3-5-9-18)23(30)16-29(34(2,32)33)20-12-13-21(25)22(26)14-20/h3-5,8-9,12-14,17,19H,6-7,10-11,15-16H2,1-2H3,(H,27,31). The maximum Gasteiger partial charge on any atom is 0.244 e. The molecule has 1 unspecified atom stereocenters. The normalized spacial score (nSPS) is 15.1. The molecule has 0 saturated heterocycles. The second kappa shape index (κ2) is 11.4. The summed E-state index contributed by atoms with van der Waals surface area (Å²) in [7, 11) is -3.83. The molecule has 2 aromatic rings. The van der Waals surface area contributed by atoms with Crippen LogP contribution < -0.4 is 9.62 Å². The smallest absolute Gasteiger partial charge is 0.244 e. The van der Waals surface area contributed by atoms with E-state index in [1.807, 2.05) is 30.3 Å². The highest BCUT2D eigenvalue weighted by atomic mass is 35.5. The molecule has 0 aromatic heterocycles. The zero-order chi connectivity index (χ0) is 24.9. The quantitative estimate of drug-likeness (QED) is 0.530. The Hall–Kier alpha value is -2.29. The molecule has 3 rings (SSSR count). The minimum Gasteiger partial charge on any atom is -0.352 e. The van der Waals surface area contributed by atoms with Gasteiger partial charge in [-0.15, -0.1) is 0 Å². The lowest BCUT2D eigenvalue weighted by molar-refractivity contribution is -0.139. The van der Waals surface area contributed by atoms with E-state index in [-0.39, 0.29) is 34.2 Å². The number of halogens is 2. The van der Waals surface area contributed by atoms with Gasteiger partial charge in [0.15, 0.2) is 0 Å². The summed E-state index contributed by atoms with van der Waals surface area (Å²) in [6, 6.07) is 12.9. The Bertz CT molecular complexity index is 1120. The van der Waals surface area contributed by atoms with Crippen LogP contribution in [0.3, 0.4) is 0 Å². The van der Waals surface area contributed by atoms with E-state index in [1.165, 1.54) is 23.1 Å². The number of hydrogen-bond acceptors (Lipinski definition) is 4. The lowest BCUT2D eigenvalue weighted by Crippen LogP contribution is -2.52. The SMILES string of the molecule is CC(C(=O)NC1CCCC1)N(Cc1ccccc1)C(=O)CN(c1ccc(Cl)c(Cl)c1)S(C)(=O)=O. The fourth-order valence-electron chi connectivity index (χ4n) is 4.01. The minimum atomic E-state index is -3.83. The van der Waals surface area contributed by atoms with Crippen LogP contribution >= 0.6 is 23.2 Å². The van der Waals surface area contributed by atoms with Crippen molar-refractivity contribution in [1.82, 2.24) is 10.2 Å². The number of benzene rings is 2. The molecule has 1 aliphatic rings. The molecule has 2 amide bonds. The summed E-state index contributed by atoms with van der Waals surface area (Å²) < 4.78 is 26.1. The van der Waals surface area contributed by atoms with Gasteiger partial charge >= 0.3 is 0 Å². The van der Waals surface area contributed by atoms with Crippen LogP contribution in [0.2, 0.25) is 10.0 Å². The molecule has 1 saturated carbocycles. The van der Waals surface area contributed by atoms with E-state index in [0.717, 1.165) is 41.8 Å². The summed E-state index contributed by atoms with van der Waals surface area (Å²) in [5.74, 6) is -0.758. The van der Waals surface area contributed by atoms with Gasteiger partial charge in [0.25, 0.3) is 0 Å². The molecule has 184 valence electrons. The fraction of sp³-hybridized carbons (Fsp3) is 0.417. The van der Waals surface area contributed by atoms with Gasteiger partial charge in [-0.1, -0.05) is 66.4 Å². The van der Waals surface area contributed by atoms with Crippen molar-refractivity contribution < 1.29 is 18.0 Å². The molecular formula is C24H29Cl2N3O4S. The number of anilines is 1. The molecule has 0 radical (unpaired) electrons. The van der Waals surface area contributed by atoms with E-state index in [1.54, 1.807) is 6.92 Å². The lowest BCUT2D eigenvalue weighted by Gasteiger charge is -2.32. The van der Waals surface area contributed by atoms with Gasteiger partial charge in [0, 0.05) is 12.6 Å². The van der Waals surface area contributed by atoms with Crippen LogP contribution in [0, 0.1) is 0 Å². The van der Waals surface area contributed by atoms with Gasteiger partial charge in [-0.05, 0) is 43.5 Å². The van der Waals surface area contributed by atoms with Crippen molar-refractivity contribution in [3.05, 3.63) is 64.1 Å². The number of carbonyl (C=O) groups excluding carboxylic acids is 2. The first-order valence-electron chi connectivity index (χ1n) is 11.1. The summed E-state index contributed by atoms with van der Waals surface area (Å²) in [4.78, 5) is 27.9. The van der Waals surface area contributed by atoms with E-state index in [0.29, 0.717) is 0 Å². The Kier molecular flexibility index (Phi) is 8.84. The monoisotopic (exact) mass is 525 g/mol. The van der Waals surface area contributed by atoms with Gasteiger partial charge < -0.3 is 10.2 Å². The van der Waals surface area contributed by atoms with Crippen LogP contribution in [-0.4, -0.2) is 50.0 Å². The number of nitrogens with one attached hydrogen (secondary N) is 1. The summed E-state index contributed by atoms with van der Waals surface area (Å²) in [5, 5.41) is 3.48. The maximum atomic E-state index is 13.5. The predicted molar refractivity (Wildman–Crippen MR) is 136 cm³/mol. The third-order valence-corrected chi connectivity index (χ3v) is 7.81. The van der Waals surface area contributed by atoms with Crippen molar-refractivity contribution in [2.45, 2.75) is 51.2 Å². The van der Waals surface area contributed by atoms with Gasteiger partial charge in [0.2, 0.25) is 21.8 Å². The van der Waals surface area contributed by atoms with Crippen LogP contribution in [-0.2, 0) is 26.2 Å². The number of hydrogen-bond donors (Lipinski definition) is 1. The Morgan fingerprint density at radius 1 is 1.06 bits per heavy atom. The summed E-state index contributed by atoms with van der Waals surface area (Å²) in [6.07, 6.45) is 4.99. The number of carbonyl (C=O) groups is 2. The topological polar surface area (TPSA) is 86.8 Å². The largest absolute Gasteiger partial charge is 0.352 e. The van der Waals surface area contributed by atoms with Crippen LogP contribution in [0.25, 0.3) is 0 Å². The Labute approximate surface area is 211 Å². The minimum absolute atomic E-state index is 0.104. The number of amides is 2. The van der Waals surface area contributed by atoms with Gasteiger partial charge in [-0.25, -0.2) is 8.42 Å². The van der Waals surface area contributed by atoms with Crippen LogP contribution in [0.4, 0.5) is 5.69 Å². The van der Waals surface area contributed by atoms with Crippen molar-refractivity contribution in [3.63, 3.8) is 0 Å². The van der Waals surface area contributed by atoms with Crippen molar-refractivity contribution in [3.8, 4) is 0 Å². The molecule has 1 fully saturated rings. The highest BCUT2D eigenvalue weighted by Crippen LogP contribution is 2.28. The zero-order valence-electron chi connectivity index (χ0n) is 19.2. The molecule has 34 heavy (non-hydrogen) atoms. The van der Waals surface area contributed by atoms with Gasteiger partial charge in [-0.2, -0.15) is 0 Å². The average Bonchev–Trinajstić information content (AvgIpc) is 3.30. The third kappa shape index (κ3) is 6.87. The molecule has 0 spiro atoms. The molecule has 7 nitrogen and oxygen atoms in total. The fourth-order valence-corrected chi connectivity index (χ4v) is 5.14. The number of sulfonamides is 1. The molecule has 2 aromatic carbocycles. The van der Waals surface area contributed by atoms with Gasteiger partial charge in [0.05, 0.1) is 22.0 Å². The van der Waals surface area contributed by atoms with Crippen LogP contribution in [0.1, 0.15) is 38.2 Å². The molecule has 0 bridgehead atoms. The van der Waals surface area contributed by atoms with Crippen molar-refractivity contribution in [1.29, 1.82) is 0 Å². The number of nitrogens with zero attached hydrogens (tertiary/aromatic N) is 2. The van der Waals surface area contributed by atoms with Gasteiger partial charge in [-0.3, -0.25) is 13.9 Å². The highest BCUT2D eigenvalue weighted by Gasteiger charge is 2.31. The van der Waals surface area contributed by atoms with E-state index in [9.17, 15) is 18.0 Å². The van der Waals surface area contributed by atoms with Crippen molar-refractivity contribution >= 4 is 50.7 Å². The van der Waals surface area contributed by atoms with E-state index >= 15 is 0 Å². The molecule has 1 atom stereocenters. The Morgan fingerprint density at radius 2 is 1.71 bits per heavy atom. The second-order valence-electron chi connectivity index (χ2n) is 8.54. The average molecular weight is 526 g/mol. The Balaban J connectivity index is 1.87. The first-order valence-corrected chi connectivity index (χ1v) is 13.7. The maximum absolute atomic E-state index is 13.5. The van der Waals surface area contributed by atoms with E-state index < -0.39 is 28.5 Å².